The molecule has 1 unspecified atom stereocenters. The Bertz CT molecular complexity index is 350. The van der Waals surface area contributed by atoms with E-state index in [0.717, 1.165) is 38.9 Å². The van der Waals surface area contributed by atoms with Crippen LogP contribution >= 0.6 is 11.3 Å². The summed E-state index contributed by atoms with van der Waals surface area (Å²) in [5, 5.41) is 10.8. The minimum absolute atomic E-state index is 0.323. The first-order chi connectivity index (χ1) is 8.24. The first-order valence-corrected chi connectivity index (χ1v) is 7.08. The number of nitrogens with zero attached hydrogens (tertiary/aromatic N) is 1. The Morgan fingerprint density at radius 3 is 3.18 bits per heavy atom. The van der Waals surface area contributed by atoms with Gasteiger partial charge in [-0.25, -0.2) is 0 Å². The van der Waals surface area contributed by atoms with Crippen molar-refractivity contribution >= 4 is 17.3 Å². The lowest BCUT2D eigenvalue weighted by Crippen LogP contribution is -2.23. The molecule has 0 amide bonds. The van der Waals surface area contributed by atoms with E-state index >= 15 is 0 Å². The van der Waals surface area contributed by atoms with Crippen molar-refractivity contribution < 1.29 is 9.90 Å². The number of carbonyl (C=O) groups is 1. The summed E-state index contributed by atoms with van der Waals surface area (Å²) in [6.07, 6.45) is 3.45. The molecule has 1 fully saturated rings. The molecule has 1 aliphatic rings. The normalized spacial score (nSPS) is 20.8. The van der Waals surface area contributed by atoms with Crippen molar-refractivity contribution in [2.75, 3.05) is 19.6 Å². The Balaban J connectivity index is 1.65. The Kier molecular flexibility index (Phi) is 4.57. The molecule has 1 aliphatic heterocycles. The molecule has 0 bridgehead atoms. The molecular weight excluding hydrogens is 234 g/mol. The van der Waals surface area contributed by atoms with Gasteiger partial charge in [0.1, 0.15) is 0 Å². The van der Waals surface area contributed by atoms with E-state index in [4.69, 9.17) is 5.11 Å². The van der Waals surface area contributed by atoms with Crippen LogP contribution in [0.4, 0.5) is 0 Å². The first-order valence-electron chi connectivity index (χ1n) is 6.20. The molecule has 1 aromatic rings. The second-order valence-corrected chi connectivity index (χ2v) is 5.75. The summed E-state index contributed by atoms with van der Waals surface area (Å²) in [6.45, 7) is 3.33. The van der Waals surface area contributed by atoms with Crippen LogP contribution in [0.25, 0.3) is 0 Å². The topological polar surface area (TPSA) is 40.5 Å². The number of rotatable bonds is 6. The summed E-state index contributed by atoms with van der Waals surface area (Å²) in [7, 11) is 0. The van der Waals surface area contributed by atoms with Crippen LogP contribution in [0, 0.1) is 5.92 Å². The van der Waals surface area contributed by atoms with Crippen molar-refractivity contribution in [3.8, 4) is 0 Å². The number of thiophene rings is 1. The van der Waals surface area contributed by atoms with E-state index in [-0.39, 0.29) is 0 Å². The van der Waals surface area contributed by atoms with E-state index in [1.807, 2.05) is 11.3 Å². The highest BCUT2D eigenvalue weighted by Crippen LogP contribution is 2.21. The summed E-state index contributed by atoms with van der Waals surface area (Å²) in [4.78, 5) is 14.4. The smallest absolute Gasteiger partial charge is 0.303 e. The van der Waals surface area contributed by atoms with Crippen LogP contribution in [0.1, 0.15) is 24.1 Å². The third-order valence-electron chi connectivity index (χ3n) is 3.39. The van der Waals surface area contributed by atoms with Gasteiger partial charge < -0.3 is 10.0 Å². The highest BCUT2D eigenvalue weighted by molar-refractivity contribution is 7.09. The quantitative estimate of drug-likeness (QED) is 0.846. The molecule has 1 aromatic heterocycles. The molecule has 4 heteroatoms. The highest BCUT2D eigenvalue weighted by atomic mass is 32.1. The molecular formula is C13H19NO2S. The van der Waals surface area contributed by atoms with Crippen molar-refractivity contribution in [3.63, 3.8) is 0 Å². The molecule has 0 spiro atoms. The Labute approximate surface area is 106 Å². The first kappa shape index (κ1) is 12.6. The molecule has 1 saturated heterocycles. The molecule has 0 radical (unpaired) electrons. The predicted molar refractivity (Wildman–Crippen MR) is 69.4 cm³/mol. The summed E-state index contributed by atoms with van der Waals surface area (Å²) in [6, 6.07) is 4.28. The number of hydrogen-bond donors (Lipinski definition) is 1. The van der Waals surface area contributed by atoms with Gasteiger partial charge in [0.15, 0.2) is 0 Å². The lowest BCUT2D eigenvalue weighted by molar-refractivity contribution is -0.137. The van der Waals surface area contributed by atoms with Crippen LogP contribution in [0.3, 0.4) is 0 Å². The molecule has 3 nitrogen and oxygen atoms in total. The second-order valence-electron chi connectivity index (χ2n) is 4.72. The lowest BCUT2D eigenvalue weighted by atomic mass is 10.0. The number of carboxylic acid groups (broad SMARTS) is 1. The number of hydrogen-bond acceptors (Lipinski definition) is 3. The fourth-order valence-corrected chi connectivity index (χ4v) is 3.10. The SMILES string of the molecule is O=C(O)CCC1CCN(CCc2cccs2)C1. The molecule has 0 aliphatic carbocycles. The van der Waals surface area contributed by atoms with Gasteiger partial charge in [0.25, 0.3) is 0 Å². The van der Waals surface area contributed by atoms with Gasteiger partial charge in [0.2, 0.25) is 0 Å². The van der Waals surface area contributed by atoms with Crippen molar-refractivity contribution in [2.24, 2.45) is 5.92 Å². The zero-order chi connectivity index (χ0) is 12.1. The monoisotopic (exact) mass is 253 g/mol. The predicted octanol–water partition coefficient (Wildman–Crippen LogP) is 2.48. The zero-order valence-electron chi connectivity index (χ0n) is 9.97. The maximum Gasteiger partial charge on any atom is 0.303 e. The minimum atomic E-state index is -0.665. The van der Waals surface area contributed by atoms with Gasteiger partial charge in [0, 0.05) is 24.4 Å². The number of aliphatic carboxylic acids is 1. The van der Waals surface area contributed by atoms with E-state index in [2.05, 4.69) is 22.4 Å². The largest absolute Gasteiger partial charge is 0.481 e. The van der Waals surface area contributed by atoms with Gasteiger partial charge in [-0.2, -0.15) is 0 Å². The molecule has 0 saturated carbocycles. The average Bonchev–Trinajstić information content (AvgIpc) is 2.95. The van der Waals surface area contributed by atoms with Crippen molar-refractivity contribution in [2.45, 2.75) is 25.7 Å². The Morgan fingerprint density at radius 2 is 2.47 bits per heavy atom. The maximum absolute atomic E-state index is 10.5. The van der Waals surface area contributed by atoms with Crippen LogP contribution in [0.15, 0.2) is 17.5 Å². The van der Waals surface area contributed by atoms with Gasteiger partial charge >= 0.3 is 5.97 Å². The van der Waals surface area contributed by atoms with Crippen LogP contribution in [0.5, 0.6) is 0 Å². The van der Waals surface area contributed by atoms with Crippen molar-refractivity contribution in [1.82, 2.24) is 4.90 Å². The Morgan fingerprint density at radius 1 is 1.59 bits per heavy atom. The van der Waals surface area contributed by atoms with Gasteiger partial charge in [-0.1, -0.05) is 6.07 Å². The van der Waals surface area contributed by atoms with E-state index in [1.165, 1.54) is 4.88 Å². The van der Waals surface area contributed by atoms with E-state index in [0.29, 0.717) is 12.3 Å². The fraction of sp³-hybridized carbons (Fsp3) is 0.615. The molecule has 94 valence electrons. The molecule has 1 atom stereocenters. The number of carboxylic acids is 1. The number of likely N-dealkylation sites (tertiary alicyclic amines) is 1. The van der Waals surface area contributed by atoms with Gasteiger partial charge in [0.05, 0.1) is 0 Å². The standard InChI is InChI=1S/C13H19NO2S/c15-13(16)4-3-11-5-7-14(10-11)8-6-12-2-1-9-17-12/h1-2,9,11H,3-8,10H2,(H,15,16). The van der Waals surface area contributed by atoms with E-state index in [1.54, 1.807) is 0 Å². The van der Waals surface area contributed by atoms with Crippen LogP contribution in [-0.4, -0.2) is 35.6 Å². The molecule has 2 heterocycles. The van der Waals surface area contributed by atoms with Gasteiger partial charge in [-0.3, -0.25) is 4.79 Å². The minimum Gasteiger partial charge on any atom is -0.481 e. The van der Waals surface area contributed by atoms with E-state index < -0.39 is 5.97 Å². The summed E-state index contributed by atoms with van der Waals surface area (Å²) >= 11 is 1.82. The van der Waals surface area contributed by atoms with Crippen LogP contribution in [0.2, 0.25) is 0 Å². The van der Waals surface area contributed by atoms with Crippen LogP contribution in [-0.2, 0) is 11.2 Å². The summed E-state index contributed by atoms with van der Waals surface area (Å²) in [5.74, 6) is -0.0727. The molecule has 2 rings (SSSR count). The van der Waals surface area contributed by atoms with Gasteiger partial charge in [-0.15, -0.1) is 11.3 Å². The van der Waals surface area contributed by atoms with Crippen molar-refractivity contribution in [1.29, 1.82) is 0 Å². The second kappa shape index (κ2) is 6.17. The zero-order valence-corrected chi connectivity index (χ0v) is 10.8. The molecule has 1 N–H and O–H groups in total. The fourth-order valence-electron chi connectivity index (χ4n) is 2.40. The summed E-state index contributed by atoms with van der Waals surface area (Å²) < 4.78 is 0. The van der Waals surface area contributed by atoms with Gasteiger partial charge in [-0.05, 0) is 43.2 Å². The average molecular weight is 253 g/mol. The third kappa shape index (κ3) is 4.13. The lowest BCUT2D eigenvalue weighted by Gasteiger charge is -2.15. The Hall–Kier alpha value is -0.870. The van der Waals surface area contributed by atoms with E-state index in [9.17, 15) is 4.79 Å². The van der Waals surface area contributed by atoms with Crippen LogP contribution < -0.4 is 0 Å². The highest BCUT2D eigenvalue weighted by Gasteiger charge is 2.22. The molecule has 17 heavy (non-hydrogen) atoms. The molecule has 0 aromatic carbocycles. The summed E-state index contributed by atoms with van der Waals surface area (Å²) in [5.41, 5.74) is 0. The maximum atomic E-state index is 10.5. The third-order valence-corrected chi connectivity index (χ3v) is 4.33. The van der Waals surface area contributed by atoms with Crippen molar-refractivity contribution in [3.05, 3.63) is 22.4 Å².